The number of carbonyl (C=O) groups excluding carboxylic acids is 2. The summed E-state index contributed by atoms with van der Waals surface area (Å²) in [5, 5.41) is 11.1. The molecule has 9 atom stereocenters. The average Bonchev–Trinajstić information content (AvgIpc) is 3.89. The van der Waals surface area contributed by atoms with Gasteiger partial charge in [-0.25, -0.2) is 4.79 Å². The molecule has 10 rings (SSSR count). The van der Waals surface area contributed by atoms with Gasteiger partial charge in [-0.15, -0.1) is 0 Å². The van der Waals surface area contributed by atoms with E-state index >= 15 is 0 Å². The van der Waals surface area contributed by atoms with Gasteiger partial charge in [0.05, 0.1) is 35.9 Å². The van der Waals surface area contributed by atoms with Crippen molar-refractivity contribution in [1.82, 2.24) is 4.90 Å². The number of benzene rings is 1. The van der Waals surface area contributed by atoms with Gasteiger partial charge in [0.2, 0.25) is 5.78 Å². The summed E-state index contributed by atoms with van der Waals surface area (Å²) >= 11 is 6.37. The topological polar surface area (TPSA) is 89.2 Å². The van der Waals surface area contributed by atoms with Crippen LogP contribution in [0.5, 0.6) is 0 Å². The zero-order chi connectivity index (χ0) is 35.8. The van der Waals surface area contributed by atoms with Crippen LogP contribution in [-0.4, -0.2) is 59.4 Å². The summed E-state index contributed by atoms with van der Waals surface area (Å²) in [6.07, 6.45) is 8.28. The minimum atomic E-state index is -4.57. The number of Topliss-reactive ketones (excluding diaryl/α,β-unsaturated/α-hetero) is 1. The summed E-state index contributed by atoms with van der Waals surface area (Å²) in [5.74, 6) is -0.140. The lowest BCUT2D eigenvalue weighted by Crippen LogP contribution is -2.67. The Bertz CT molecular complexity index is 1880. The number of fused-ring (bicyclic) bond motifs is 2. The van der Waals surface area contributed by atoms with Crippen LogP contribution < -0.4 is 0 Å². The number of furan rings is 1. The highest BCUT2D eigenvalue weighted by molar-refractivity contribution is 6.33. The van der Waals surface area contributed by atoms with Gasteiger partial charge in [0.1, 0.15) is 11.4 Å². The molecular weight excluding hydrogens is 683 g/mol. The second-order valence-corrected chi connectivity index (χ2v) is 17.2. The molecule has 1 N–H and O–H groups in total. The average molecular weight is 726 g/mol. The maximum atomic E-state index is 15.0. The van der Waals surface area contributed by atoms with Gasteiger partial charge in [0, 0.05) is 34.0 Å². The number of hydrogen-bond donors (Lipinski definition) is 1. The van der Waals surface area contributed by atoms with E-state index in [0.29, 0.717) is 44.5 Å². The van der Waals surface area contributed by atoms with Crippen LogP contribution in [0.4, 0.5) is 18.0 Å². The fourth-order valence-electron chi connectivity index (χ4n) is 12.2. The van der Waals surface area contributed by atoms with Crippen LogP contribution in [0.2, 0.25) is 5.02 Å². The van der Waals surface area contributed by atoms with Gasteiger partial charge in [-0.1, -0.05) is 43.7 Å². The van der Waals surface area contributed by atoms with Crippen molar-refractivity contribution < 1.29 is 41.8 Å². The van der Waals surface area contributed by atoms with Gasteiger partial charge in [0.25, 0.3) is 0 Å². The number of nitrogens with zero attached hydrogens (tertiary/aromatic N) is 1. The Labute approximate surface area is 300 Å². The second kappa shape index (κ2) is 11.0. The molecule has 11 heteroatoms. The first-order valence-corrected chi connectivity index (χ1v) is 18.8. The number of halogens is 4. The Morgan fingerprint density at radius 3 is 2.55 bits per heavy atom. The van der Waals surface area contributed by atoms with Crippen molar-refractivity contribution in [2.24, 2.45) is 33.5 Å². The normalized spacial score (nSPS) is 41.0. The van der Waals surface area contributed by atoms with Crippen molar-refractivity contribution in [3.05, 3.63) is 70.5 Å². The van der Waals surface area contributed by atoms with Gasteiger partial charge in [0.15, 0.2) is 5.76 Å². The minimum Gasteiger partial charge on any atom is -0.453 e. The first-order chi connectivity index (χ1) is 24.1. The van der Waals surface area contributed by atoms with Gasteiger partial charge < -0.3 is 23.9 Å². The van der Waals surface area contributed by atoms with Crippen molar-refractivity contribution in [3.63, 3.8) is 0 Å². The Morgan fingerprint density at radius 2 is 1.78 bits per heavy atom. The molecule has 3 heterocycles. The number of rotatable bonds is 5. The molecule has 51 heavy (non-hydrogen) atoms. The number of alkyl halides is 3. The van der Waals surface area contributed by atoms with Crippen LogP contribution >= 0.6 is 11.6 Å². The molecule has 1 amide bonds. The van der Waals surface area contributed by atoms with E-state index in [4.69, 9.17) is 25.5 Å². The molecule has 1 aromatic heterocycles. The number of carbonyl (C=O) groups is 2. The molecule has 2 bridgehead atoms. The van der Waals surface area contributed by atoms with Gasteiger partial charge >= 0.3 is 12.3 Å². The Kier molecular flexibility index (Phi) is 7.26. The van der Waals surface area contributed by atoms with Gasteiger partial charge in [-0.2, -0.15) is 13.2 Å². The molecule has 9 unspecified atom stereocenters. The zero-order valence-electron chi connectivity index (χ0n) is 28.9. The molecule has 6 aliphatic carbocycles. The highest BCUT2D eigenvalue weighted by atomic mass is 35.5. The molecule has 3 saturated carbocycles. The molecule has 5 fully saturated rings. The van der Waals surface area contributed by atoms with E-state index < -0.39 is 39.7 Å². The van der Waals surface area contributed by atoms with E-state index in [0.717, 1.165) is 50.7 Å². The lowest BCUT2D eigenvalue weighted by atomic mass is 9.32. The maximum Gasteiger partial charge on any atom is 0.416 e. The third-order valence-corrected chi connectivity index (χ3v) is 15.1. The summed E-state index contributed by atoms with van der Waals surface area (Å²) < 4.78 is 59.3. The fraction of sp³-hybridized carbons (Fsp3) is 0.600. The van der Waals surface area contributed by atoms with Crippen molar-refractivity contribution >= 4 is 23.5 Å². The van der Waals surface area contributed by atoms with Crippen molar-refractivity contribution in [1.29, 1.82) is 0 Å². The third-order valence-electron chi connectivity index (χ3n) is 14.7. The van der Waals surface area contributed by atoms with Crippen LogP contribution in [0.3, 0.4) is 0 Å². The lowest BCUT2D eigenvalue weighted by Gasteiger charge is -2.71. The summed E-state index contributed by atoms with van der Waals surface area (Å²) in [4.78, 5) is 30.3. The third kappa shape index (κ3) is 4.51. The highest BCUT2D eigenvalue weighted by Crippen LogP contribution is 2.79. The number of aliphatic hydroxyl groups is 1. The van der Waals surface area contributed by atoms with E-state index in [1.165, 1.54) is 18.2 Å². The molecule has 2 aliphatic heterocycles. The number of ether oxygens (including phenoxy) is 2. The summed E-state index contributed by atoms with van der Waals surface area (Å²) in [6.45, 7) is 6.28. The first-order valence-electron chi connectivity index (χ1n) is 18.4. The zero-order valence-corrected chi connectivity index (χ0v) is 29.6. The lowest BCUT2D eigenvalue weighted by molar-refractivity contribution is -0.164. The van der Waals surface area contributed by atoms with Crippen molar-refractivity contribution in [2.45, 2.75) is 95.6 Å². The van der Waals surface area contributed by atoms with Crippen LogP contribution in [0.15, 0.2) is 58.6 Å². The standard InChI is InChI=1S/C40H43ClF3NO6/c1-35-12-9-24(46)19-37(35)15-16-39(27(20-37)33(47)30-8-7-29(50-30)26-18-23(40(42,43)44)5-6-28(26)41)31(35)10-13-36(2)32(39)11-14-38(36)22-45(34(48)51-38)21-25-4-3-17-49-25/h5-8,15-16,18,20,24-25,31-32,46H,3-4,9-14,17,19,21-22H2,1-2H3. The molecule has 0 radical (unpaired) electrons. The maximum absolute atomic E-state index is 15.0. The smallest absolute Gasteiger partial charge is 0.416 e. The van der Waals surface area contributed by atoms with Gasteiger partial charge in [-0.05, 0) is 105 Å². The molecule has 3 spiro atoms. The molecule has 272 valence electrons. The van der Waals surface area contributed by atoms with E-state index in [1.807, 2.05) is 4.90 Å². The van der Waals surface area contributed by atoms with E-state index in [-0.39, 0.29) is 57.3 Å². The molecule has 2 aromatic rings. The van der Waals surface area contributed by atoms with Crippen LogP contribution in [0, 0.1) is 33.5 Å². The second-order valence-electron chi connectivity index (χ2n) is 16.8. The number of aliphatic hydroxyl groups excluding tert-OH is 1. The Hall–Kier alpha value is -3.08. The molecule has 8 aliphatic rings. The quantitative estimate of drug-likeness (QED) is 0.245. The number of ketones is 1. The minimum absolute atomic E-state index is 0.0116. The van der Waals surface area contributed by atoms with Crippen molar-refractivity contribution in [3.8, 4) is 11.3 Å². The predicted octanol–water partition coefficient (Wildman–Crippen LogP) is 9.03. The molecule has 1 aromatic carbocycles. The Morgan fingerprint density at radius 1 is 1.02 bits per heavy atom. The first kappa shape index (κ1) is 33.7. The van der Waals surface area contributed by atoms with Gasteiger partial charge in [-0.3, -0.25) is 4.79 Å². The van der Waals surface area contributed by atoms with Crippen LogP contribution in [0.25, 0.3) is 11.3 Å². The fourth-order valence-corrected chi connectivity index (χ4v) is 12.4. The predicted molar refractivity (Wildman–Crippen MR) is 182 cm³/mol. The largest absolute Gasteiger partial charge is 0.453 e. The number of hydrogen-bond acceptors (Lipinski definition) is 6. The summed E-state index contributed by atoms with van der Waals surface area (Å²) in [5.41, 5.74) is -2.77. The van der Waals surface area contributed by atoms with E-state index in [2.05, 4.69) is 32.1 Å². The monoisotopic (exact) mass is 725 g/mol. The number of amides is 1. The summed E-state index contributed by atoms with van der Waals surface area (Å²) in [7, 11) is 0. The number of allylic oxidation sites excluding steroid dienone is 4. The van der Waals surface area contributed by atoms with Crippen LogP contribution in [0.1, 0.15) is 87.8 Å². The summed E-state index contributed by atoms with van der Waals surface area (Å²) in [6, 6.07) is 6.08. The molecule has 2 saturated heterocycles. The highest BCUT2D eigenvalue weighted by Gasteiger charge is 2.76. The molecule has 7 nitrogen and oxygen atoms in total. The SMILES string of the molecule is CC12CCC(O)CC13C=CC1(C(C(=O)c4ccc(-c5cc(C(F)(F)F)ccc5Cl)o4)=C3)C2CCC2(C)C1CCC21CN(CC2CCCO2)C(=O)O1. The van der Waals surface area contributed by atoms with Crippen molar-refractivity contribution in [2.75, 3.05) is 19.7 Å². The van der Waals surface area contributed by atoms with Crippen LogP contribution in [-0.2, 0) is 15.7 Å². The van der Waals surface area contributed by atoms with E-state index in [1.54, 1.807) is 0 Å². The molecular formula is C40H43ClF3NO6. The van der Waals surface area contributed by atoms with E-state index in [9.17, 15) is 27.9 Å². The Balaban J connectivity index is 1.12.